The third-order valence-corrected chi connectivity index (χ3v) is 5.08. The number of pyridine rings is 1. The number of nitrogens with one attached hydrogen (secondary N) is 1. The third kappa shape index (κ3) is 4.51. The molecule has 7 nitrogen and oxygen atoms in total. The minimum absolute atomic E-state index is 0.0621. The molecule has 27 heavy (non-hydrogen) atoms. The fourth-order valence-corrected chi connectivity index (χ4v) is 3.11. The summed E-state index contributed by atoms with van der Waals surface area (Å²) in [6, 6.07) is 8.34. The number of carbonyl (C=O) groups excluding carboxylic acids is 2. The Bertz CT molecular complexity index is 988. The summed E-state index contributed by atoms with van der Waals surface area (Å²) in [6.07, 6.45) is 0. The molecule has 1 amide bonds. The molecule has 0 saturated carbocycles. The minimum atomic E-state index is -0.549. The van der Waals surface area contributed by atoms with Gasteiger partial charge in [0.05, 0.1) is 6.61 Å². The standard InChI is InChI=1S/C19H18BrN3O4/c1-11-18(20)16(10-27-3)15(8-21)19(26)23(11)9-17(25)22-14-6-4-13(5-7-14)12(2)24/h4-7H,9-10H2,1-3H3,(H,22,25). The highest BCUT2D eigenvalue weighted by Crippen LogP contribution is 2.23. The number of nitrogens with zero attached hydrogens (tertiary/aromatic N) is 2. The van der Waals surface area contributed by atoms with E-state index >= 15 is 0 Å². The van der Waals surface area contributed by atoms with Crippen molar-refractivity contribution in [3.8, 4) is 6.07 Å². The van der Waals surface area contributed by atoms with Gasteiger partial charge in [-0.05, 0) is 54.0 Å². The van der Waals surface area contributed by atoms with Crippen LogP contribution in [0.2, 0.25) is 0 Å². The summed E-state index contributed by atoms with van der Waals surface area (Å²) in [6.45, 7) is 3.00. The van der Waals surface area contributed by atoms with Gasteiger partial charge in [-0.3, -0.25) is 14.4 Å². The highest BCUT2D eigenvalue weighted by molar-refractivity contribution is 9.10. The largest absolute Gasteiger partial charge is 0.380 e. The summed E-state index contributed by atoms with van der Waals surface area (Å²) in [5.41, 5.74) is 1.41. The van der Waals surface area contributed by atoms with Gasteiger partial charge in [0.25, 0.3) is 5.56 Å². The van der Waals surface area contributed by atoms with Gasteiger partial charge >= 0.3 is 0 Å². The SMILES string of the molecule is COCc1c(Br)c(C)n(CC(=O)Nc2ccc(C(C)=O)cc2)c(=O)c1C#N. The topological polar surface area (TPSA) is 101 Å². The van der Waals surface area contributed by atoms with E-state index in [2.05, 4.69) is 21.2 Å². The number of benzene rings is 1. The van der Waals surface area contributed by atoms with Crippen molar-refractivity contribution in [1.82, 2.24) is 4.57 Å². The van der Waals surface area contributed by atoms with Crippen LogP contribution in [0.25, 0.3) is 0 Å². The Balaban J connectivity index is 2.30. The number of ether oxygens (including phenoxy) is 1. The molecule has 0 unspecified atom stereocenters. The lowest BCUT2D eigenvalue weighted by molar-refractivity contribution is -0.116. The van der Waals surface area contributed by atoms with Crippen LogP contribution in [0.4, 0.5) is 5.69 Å². The second-order valence-electron chi connectivity index (χ2n) is 5.87. The predicted octanol–water partition coefficient (Wildman–Crippen LogP) is 2.78. The first-order valence-corrected chi connectivity index (χ1v) is 8.81. The van der Waals surface area contributed by atoms with E-state index in [0.717, 1.165) is 0 Å². The van der Waals surface area contributed by atoms with Gasteiger partial charge in [-0.1, -0.05) is 0 Å². The number of carbonyl (C=O) groups is 2. The van der Waals surface area contributed by atoms with Crippen molar-refractivity contribution in [3.05, 3.63) is 61.5 Å². The minimum Gasteiger partial charge on any atom is -0.380 e. The maximum atomic E-state index is 12.6. The molecule has 0 spiro atoms. The lowest BCUT2D eigenvalue weighted by Crippen LogP contribution is -2.32. The van der Waals surface area contributed by atoms with Crippen LogP contribution in [-0.2, 0) is 22.7 Å². The fraction of sp³-hybridized carbons (Fsp3) is 0.263. The molecule has 0 radical (unpaired) electrons. The van der Waals surface area contributed by atoms with E-state index in [-0.39, 0.29) is 24.5 Å². The van der Waals surface area contributed by atoms with Gasteiger partial charge in [0, 0.05) is 34.1 Å². The van der Waals surface area contributed by atoms with Crippen LogP contribution in [0.1, 0.15) is 34.1 Å². The molecule has 0 aliphatic carbocycles. The van der Waals surface area contributed by atoms with Crippen molar-refractivity contribution in [2.24, 2.45) is 0 Å². The molecular formula is C19H18BrN3O4. The van der Waals surface area contributed by atoms with Crippen molar-refractivity contribution >= 4 is 33.3 Å². The van der Waals surface area contributed by atoms with E-state index in [1.54, 1.807) is 31.2 Å². The summed E-state index contributed by atoms with van der Waals surface area (Å²) in [5, 5.41) is 12.0. The summed E-state index contributed by atoms with van der Waals surface area (Å²) < 4.78 is 6.85. The van der Waals surface area contributed by atoms with Crippen LogP contribution >= 0.6 is 15.9 Å². The maximum Gasteiger partial charge on any atom is 0.269 e. The highest BCUT2D eigenvalue weighted by Gasteiger charge is 2.19. The normalized spacial score (nSPS) is 10.3. The molecular weight excluding hydrogens is 414 g/mol. The van der Waals surface area contributed by atoms with Crippen LogP contribution in [0.15, 0.2) is 33.5 Å². The number of hydrogen-bond acceptors (Lipinski definition) is 5. The Morgan fingerprint density at radius 2 is 1.93 bits per heavy atom. The first-order chi connectivity index (χ1) is 12.8. The van der Waals surface area contributed by atoms with Crippen molar-refractivity contribution < 1.29 is 14.3 Å². The van der Waals surface area contributed by atoms with Gasteiger partial charge in [-0.25, -0.2) is 0 Å². The lowest BCUT2D eigenvalue weighted by atomic mass is 10.1. The number of ketones is 1. The van der Waals surface area contributed by atoms with Gasteiger partial charge in [0.15, 0.2) is 5.78 Å². The molecule has 0 aliphatic rings. The monoisotopic (exact) mass is 431 g/mol. The summed E-state index contributed by atoms with van der Waals surface area (Å²) in [5.74, 6) is -0.494. The zero-order valence-corrected chi connectivity index (χ0v) is 16.7. The van der Waals surface area contributed by atoms with Crippen LogP contribution in [-0.4, -0.2) is 23.4 Å². The van der Waals surface area contributed by atoms with Gasteiger partial charge in [-0.15, -0.1) is 0 Å². The smallest absolute Gasteiger partial charge is 0.269 e. The lowest BCUT2D eigenvalue weighted by Gasteiger charge is -2.16. The Morgan fingerprint density at radius 3 is 2.44 bits per heavy atom. The number of anilines is 1. The molecule has 0 aliphatic heterocycles. The summed E-state index contributed by atoms with van der Waals surface area (Å²) in [7, 11) is 1.47. The van der Waals surface area contributed by atoms with E-state index in [1.807, 2.05) is 6.07 Å². The van der Waals surface area contributed by atoms with Crippen LogP contribution in [0.3, 0.4) is 0 Å². The second kappa shape index (κ2) is 8.75. The van der Waals surface area contributed by atoms with Crippen LogP contribution in [0.5, 0.6) is 0 Å². The maximum absolute atomic E-state index is 12.6. The first-order valence-electron chi connectivity index (χ1n) is 8.01. The Morgan fingerprint density at radius 1 is 1.30 bits per heavy atom. The quantitative estimate of drug-likeness (QED) is 0.708. The molecule has 0 atom stereocenters. The van der Waals surface area contributed by atoms with Gasteiger partial charge in [0.2, 0.25) is 5.91 Å². The van der Waals surface area contributed by atoms with Crippen molar-refractivity contribution in [2.75, 3.05) is 12.4 Å². The van der Waals surface area contributed by atoms with Crippen LogP contribution < -0.4 is 10.9 Å². The number of nitriles is 1. The number of methoxy groups -OCH3 is 1. The number of aromatic nitrogens is 1. The molecule has 0 saturated heterocycles. The Kier molecular flexibility index (Phi) is 6.66. The number of hydrogen-bond donors (Lipinski definition) is 1. The van der Waals surface area contributed by atoms with E-state index in [0.29, 0.717) is 27.0 Å². The van der Waals surface area contributed by atoms with Gasteiger partial charge < -0.3 is 14.6 Å². The molecule has 1 N–H and O–H groups in total. The Labute approximate surface area is 164 Å². The summed E-state index contributed by atoms with van der Waals surface area (Å²) in [4.78, 5) is 36.3. The zero-order valence-electron chi connectivity index (χ0n) is 15.1. The number of amides is 1. The van der Waals surface area contributed by atoms with Crippen molar-refractivity contribution in [1.29, 1.82) is 5.26 Å². The number of halogens is 1. The van der Waals surface area contributed by atoms with Crippen LogP contribution in [0, 0.1) is 18.3 Å². The molecule has 0 bridgehead atoms. The molecule has 1 aromatic carbocycles. The first kappa shape index (κ1) is 20.6. The van der Waals surface area contributed by atoms with Gasteiger partial charge in [-0.2, -0.15) is 5.26 Å². The molecule has 0 fully saturated rings. The van der Waals surface area contributed by atoms with Crippen molar-refractivity contribution in [3.63, 3.8) is 0 Å². The van der Waals surface area contributed by atoms with Crippen molar-refractivity contribution in [2.45, 2.75) is 27.0 Å². The van der Waals surface area contributed by atoms with E-state index in [4.69, 9.17) is 4.74 Å². The molecule has 2 rings (SSSR count). The molecule has 2 aromatic rings. The molecule has 140 valence electrons. The number of rotatable bonds is 6. The Hall–Kier alpha value is -2.76. The van der Waals surface area contributed by atoms with E-state index in [1.165, 1.54) is 18.6 Å². The van der Waals surface area contributed by atoms with E-state index < -0.39 is 11.5 Å². The highest BCUT2D eigenvalue weighted by atomic mass is 79.9. The zero-order chi connectivity index (χ0) is 20.1. The number of Topliss-reactive ketones (excluding diaryl/α,β-unsaturated/α-hetero) is 1. The summed E-state index contributed by atoms with van der Waals surface area (Å²) >= 11 is 3.38. The molecule has 1 aromatic heterocycles. The van der Waals surface area contributed by atoms with E-state index in [9.17, 15) is 19.6 Å². The molecule has 1 heterocycles. The molecule has 8 heteroatoms. The second-order valence-corrected chi connectivity index (χ2v) is 6.66. The average molecular weight is 432 g/mol. The predicted molar refractivity (Wildman–Crippen MR) is 104 cm³/mol. The average Bonchev–Trinajstić information content (AvgIpc) is 2.64. The van der Waals surface area contributed by atoms with Gasteiger partial charge in [0.1, 0.15) is 18.2 Å². The fourth-order valence-electron chi connectivity index (χ4n) is 2.58. The third-order valence-electron chi connectivity index (χ3n) is 4.03.